The van der Waals surface area contributed by atoms with Crippen molar-refractivity contribution in [3.05, 3.63) is 68.7 Å². The molecule has 0 saturated carbocycles. The number of rotatable bonds is 3. The van der Waals surface area contributed by atoms with Crippen LogP contribution in [0.2, 0.25) is 0 Å². The quantitative estimate of drug-likeness (QED) is 0.484. The zero-order valence-corrected chi connectivity index (χ0v) is 13.5. The lowest BCUT2D eigenvalue weighted by atomic mass is 10.2. The monoisotopic (exact) mass is 379 g/mol. The molecule has 0 heterocycles. The predicted octanol–water partition coefficient (Wildman–Crippen LogP) is 3.48. The third kappa shape index (κ3) is 4.09. The molecule has 8 heteroatoms. The molecule has 0 aliphatic rings. The first-order chi connectivity index (χ1) is 10.5. The van der Waals surface area contributed by atoms with Crippen LogP contribution in [0.15, 0.2) is 53.0 Å². The van der Waals surface area contributed by atoms with Crippen LogP contribution < -0.4 is 10.6 Å². The molecule has 0 radical (unpaired) electrons. The molecule has 0 aliphatic carbocycles. The van der Waals surface area contributed by atoms with Crippen molar-refractivity contribution in [3.63, 3.8) is 0 Å². The minimum Gasteiger partial charge on any atom is -0.327 e. The van der Waals surface area contributed by atoms with Crippen LogP contribution in [0, 0.1) is 10.1 Å². The second kappa shape index (κ2) is 7.10. The molecule has 2 rings (SSSR count). The number of amides is 1. The van der Waals surface area contributed by atoms with Crippen molar-refractivity contribution in [1.29, 1.82) is 0 Å². The van der Waals surface area contributed by atoms with Gasteiger partial charge in [-0.05, 0) is 36.5 Å². The summed E-state index contributed by atoms with van der Waals surface area (Å²) in [6.45, 7) is 0. The molecule has 2 N–H and O–H groups in total. The number of halogens is 1. The SMILES string of the molecule is O=C(NC(=S)Nc1ccc(Br)cc1[N+](=O)[O-])c1ccccc1. The van der Waals surface area contributed by atoms with Crippen LogP contribution in [0.3, 0.4) is 0 Å². The molecular weight excluding hydrogens is 370 g/mol. The van der Waals surface area contributed by atoms with Crippen molar-refractivity contribution in [2.75, 3.05) is 5.32 Å². The van der Waals surface area contributed by atoms with Crippen LogP contribution >= 0.6 is 28.1 Å². The van der Waals surface area contributed by atoms with Gasteiger partial charge in [-0.25, -0.2) is 0 Å². The Labute approximate surface area is 139 Å². The minimum absolute atomic E-state index is 0.0146. The number of nitro groups is 1. The largest absolute Gasteiger partial charge is 0.327 e. The van der Waals surface area contributed by atoms with Crippen molar-refractivity contribution in [2.24, 2.45) is 0 Å². The molecule has 0 saturated heterocycles. The first-order valence-electron chi connectivity index (χ1n) is 6.08. The lowest BCUT2D eigenvalue weighted by molar-refractivity contribution is -0.384. The Kier molecular flexibility index (Phi) is 5.18. The van der Waals surface area contributed by atoms with Gasteiger partial charge in [0.1, 0.15) is 5.69 Å². The van der Waals surface area contributed by atoms with Gasteiger partial charge in [0.15, 0.2) is 5.11 Å². The number of thiocarbonyl (C=S) groups is 1. The van der Waals surface area contributed by atoms with Gasteiger partial charge in [-0.1, -0.05) is 34.1 Å². The average molecular weight is 380 g/mol. The van der Waals surface area contributed by atoms with E-state index in [0.29, 0.717) is 10.0 Å². The zero-order valence-electron chi connectivity index (χ0n) is 11.1. The third-order valence-corrected chi connectivity index (χ3v) is 3.37. The summed E-state index contributed by atoms with van der Waals surface area (Å²) in [7, 11) is 0. The van der Waals surface area contributed by atoms with Crippen LogP contribution in [0.4, 0.5) is 11.4 Å². The Morgan fingerprint density at radius 1 is 1.18 bits per heavy atom. The number of hydrogen-bond acceptors (Lipinski definition) is 4. The fraction of sp³-hybridized carbons (Fsp3) is 0. The molecule has 0 bridgehead atoms. The highest BCUT2D eigenvalue weighted by Crippen LogP contribution is 2.27. The summed E-state index contributed by atoms with van der Waals surface area (Å²) in [5.41, 5.74) is 0.495. The first kappa shape index (κ1) is 16.1. The van der Waals surface area contributed by atoms with Gasteiger partial charge in [0, 0.05) is 16.1 Å². The second-order valence-corrected chi connectivity index (χ2v) is 5.52. The lowest BCUT2D eigenvalue weighted by Crippen LogP contribution is -2.34. The van der Waals surface area contributed by atoms with Crippen molar-refractivity contribution < 1.29 is 9.72 Å². The van der Waals surface area contributed by atoms with Gasteiger partial charge < -0.3 is 5.32 Å². The summed E-state index contributed by atoms with van der Waals surface area (Å²) < 4.78 is 0.573. The number of benzene rings is 2. The smallest absolute Gasteiger partial charge is 0.293 e. The van der Waals surface area contributed by atoms with E-state index >= 15 is 0 Å². The first-order valence-corrected chi connectivity index (χ1v) is 7.29. The molecule has 0 fully saturated rings. The molecule has 2 aromatic rings. The average Bonchev–Trinajstić information content (AvgIpc) is 2.49. The van der Waals surface area contributed by atoms with Gasteiger partial charge in [0.25, 0.3) is 11.6 Å². The van der Waals surface area contributed by atoms with Crippen molar-refractivity contribution in [3.8, 4) is 0 Å². The van der Waals surface area contributed by atoms with Crippen molar-refractivity contribution >= 4 is 50.5 Å². The Hall–Kier alpha value is -2.32. The number of anilines is 1. The summed E-state index contributed by atoms with van der Waals surface area (Å²) in [5.74, 6) is -0.391. The van der Waals surface area contributed by atoms with E-state index in [-0.39, 0.29) is 16.5 Å². The van der Waals surface area contributed by atoms with Crippen LogP contribution in [0.5, 0.6) is 0 Å². The van der Waals surface area contributed by atoms with E-state index in [1.807, 2.05) is 0 Å². The van der Waals surface area contributed by atoms with E-state index in [0.717, 1.165) is 0 Å². The molecule has 6 nitrogen and oxygen atoms in total. The summed E-state index contributed by atoms with van der Waals surface area (Å²) >= 11 is 8.18. The molecular formula is C14H10BrN3O3S. The van der Waals surface area contributed by atoms with Gasteiger partial charge >= 0.3 is 0 Å². The highest BCUT2D eigenvalue weighted by Gasteiger charge is 2.16. The van der Waals surface area contributed by atoms with Crippen molar-refractivity contribution in [1.82, 2.24) is 5.32 Å². The molecule has 1 amide bonds. The van der Waals surface area contributed by atoms with E-state index in [1.165, 1.54) is 12.1 Å². The summed E-state index contributed by atoms with van der Waals surface area (Å²) in [4.78, 5) is 22.4. The summed E-state index contributed by atoms with van der Waals surface area (Å²) in [6, 6.07) is 13.0. The van der Waals surface area contributed by atoms with Crippen LogP contribution in [0.1, 0.15) is 10.4 Å². The molecule has 0 spiro atoms. The van der Waals surface area contributed by atoms with E-state index in [9.17, 15) is 14.9 Å². The van der Waals surface area contributed by atoms with Gasteiger partial charge in [0.05, 0.1) is 4.92 Å². The summed E-state index contributed by atoms with van der Waals surface area (Å²) in [5, 5.41) is 16.1. The maximum Gasteiger partial charge on any atom is 0.293 e. The van der Waals surface area contributed by atoms with E-state index in [1.54, 1.807) is 36.4 Å². The Balaban J connectivity index is 2.10. The van der Waals surface area contributed by atoms with Crippen molar-refractivity contribution in [2.45, 2.75) is 0 Å². The van der Waals surface area contributed by atoms with Gasteiger partial charge in [-0.2, -0.15) is 0 Å². The molecule has 0 aliphatic heterocycles. The Bertz CT molecular complexity index is 737. The number of nitrogens with zero attached hydrogens (tertiary/aromatic N) is 1. The maximum atomic E-state index is 11.9. The maximum absolute atomic E-state index is 11.9. The van der Waals surface area contributed by atoms with Gasteiger partial charge in [-0.3, -0.25) is 20.2 Å². The van der Waals surface area contributed by atoms with Crippen LogP contribution in [-0.2, 0) is 0 Å². The molecule has 22 heavy (non-hydrogen) atoms. The van der Waals surface area contributed by atoms with Crippen LogP contribution in [0.25, 0.3) is 0 Å². The Morgan fingerprint density at radius 2 is 1.86 bits per heavy atom. The second-order valence-electron chi connectivity index (χ2n) is 4.19. The normalized spacial score (nSPS) is 9.86. The topological polar surface area (TPSA) is 84.3 Å². The summed E-state index contributed by atoms with van der Waals surface area (Å²) in [6.07, 6.45) is 0. The number of nitrogens with one attached hydrogen (secondary N) is 2. The molecule has 2 aromatic carbocycles. The molecule has 0 aromatic heterocycles. The fourth-order valence-corrected chi connectivity index (χ4v) is 2.23. The van der Waals surface area contributed by atoms with E-state index in [2.05, 4.69) is 26.6 Å². The third-order valence-electron chi connectivity index (χ3n) is 2.67. The Morgan fingerprint density at radius 3 is 2.50 bits per heavy atom. The predicted molar refractivity (Wildman–Crippen MR) is 90.9 cm³/mol. The molecule has 0 unspecified atom stereocenters. The standard InChI is InChI=1S/C14H10BrN3O3S/c15-10-6-7-11(12(8-10)18(20)21)16-14(22)17-13(19)9-4-2-1-3-5-9/h1-8H,(H2,16,17,19,22). The highest BCUT2D eigenvalue weighted by molar-refractivity contribution is 9.10. The van der Waals surface area contributed by atoms with Gasteiger partial charge in [-0.15, -0.1) is 0 Å². The number of carbonyl (C=O) groups excluding carboxylic acids is 1. The van der Waals surface area contributed by atoms with E-state index < -0.39 is 10.8 Å². The number of carbonyl (C=O) groups is 1. The number of hydrogen-bond donors (Lipinski definition) is 2. The fourth-order valence-electron chi connectivity index (χ4n) is 1.68. The molecule has 0 atom stereocenters. The minimum atomic E-state index is -0.533. The van der Waals surface area contributed by atoms with Crippen LogP contribution in [-0.4, -0.2) is 15.9 Å². The van der Waals surface area contributed by atoms with Gasteiger partial charge in [0.2, 0.25) is 0 Å². The highest BCUT2D eigenvalue weighted by atomic mass is 79.9. The zero-order chi connectivity index (χ0) is 16.1. The molecule has 112 valence electrons. The number of nitro benzene ring substituents is 1. The lowest BCUT2D eigenvalue weighted by Gasteiger charge is -2.10. The van der Waals surface area contributed by atoms with E-state index in [4.69, 9.17) is 12.2 Å².